The average molecular weight is 250 g/mol. The molecule has 4 rings (SSSR count). The van der Waals surface area contributed by atoms with Crippen molar-refractivity contribution in [2.45, 2.75) is 64.1 Å². The summed E-state index contributed by atoms with van der Waals surface area (Å²) in [5.41, 5.74) is 1.13. The highest BCUT2D eigenvalue weighted by molar-refractivity contribution is 5.21. The maximum Gasteiger partial charge on any atom is 0.231 e. The maximum atomic E-state index is 6.50. The molecule has 3 nitrogen and oxygen atoms in total. The minimum absolute atomic E-state index is 0.188. The highest BCUT2D eigenvalue weighted by Crippen LogP contribution is 2.62. The van der Waals surface area contributed by atoms with Crippen LogP contribution in [0.3, 0.4) is 0 Å². The van der Waals surface area contributed by atoms with Gasteiger partial charge in [0.25, 0.3) is 0 Å². The second-order valence-electron chi connectivity index (χ2n) is 6.79. The van der Waals surface area contributed by atoms with Crippen molar-refractivity contribution >= 4 is 0 Å². The number of ether oxygens (including phenoxy) is 3. The molecule has 6 atom stereocenters. The molecule has 1 aliphatic carbocycles. The highest BCUT2D eigenvalue weighted by atomic mass is 16.8. The van der Waals surface area contributed by atoms with Crippen molar-refractivity contribution in [2.75, 3.05) is 0 Å². The Morgan fingerprint density at radius 3 is 2.94 bits per heavy atom. The molecule has 2 bridgehead atoms. The minimum Gasteiger partial charge on any atom is -0.469 e. The molecule has 0 aromatic carbocycles. The van der Waals surface area contributed by atoms with Crippen LogP contribution < -0.4 is 0 Å². The fourth-order valence-electron chi connectivity index (χ4n) is 4.82. The Labute approximate surface area is 108 Å². The summed E-state index contributed by atoms with van der Waals surface area (Å²) in [5, 5.41) is 0. The number of rotatable bonds is 0. The summed E-state index contributed by atoms with van der Waals surface area (Å²) in [4.78, 5) is 0. The van der Waals surface area contributed by atoms with Crippen LogP contribution in [0.25, 0.3) is 0 Å². The Kier molecular flexibility index (Phi) is 2.08. The molecular weight excluding hydrogens is 228 g/mol. The van der Waals surface area contributed by atoms with E-state index in [1.807, 2.05) is 6.26 Å². The summed E-state index contributed by atoms with van der Waals surface area (Å²) in [7, 11) is 0. The lowest BCUT2D eigenvalue weighted by atomic mass is 9.59. The Bertz CT molecular complexity index is 418. The van der Waals surface area contributed by atoms with E-state index in [1.165, 1.54) is 24.8 Å². The molecule has 1 spiro atoms. The first-order valence-corrected chi connectivity index (χ1v) is 7.25. The normalized spacial score (nSPS) is 57.6. The summed E-state index contributed by atoms with van der Waals surface area (Å²) < 4.78 is 18.5. The van der Waals surface area contributed by atoms with Gasteiger partial charge in [-0.25, -0.2) is 0 Å². The molecule has 2 saturated heterocycles. The summed E-state index contributed by atoms with van der Waals surface area (Å²) in [6.45, 7) is 6.62. The molecule has 0 radical (unpaired) electrons. The molecule has 0 amide bonds. The third-order valence-corrected chi connectivity index (χ3v) is 5.68. The van der Waals surface area contributed by atoms with Gasteiger partial charge in [-0.1, -0.05) is 6.92 Å². The Hall–Kier alpha value is -0.540. The average Bonchev–Trinajstić information content (AvgIpc) is 2.55. The van der Waals surface area contributed by atoms with Crippen LogP contribution in [0.4, 0.5) is 0 Å². The monoisotopic (exact) mass is 250 g/mol. The second-order valence-corrected chi connectivity index (χ2v) is 6.79. The number of fused-ring (bicyclic) bond motifs is 1. The second kappa shape index (κ2) is 3.31. The standard InChI is InChI=1S/C15H22O3/c1-9-4-5-11-10(2)8-16-13-15(11)12(9)6-7-14(3,17-13)18-15/h8-9,11-13H,4-7H2,1-3H3/t9-,11?,12?,13?,14?,15+/m1/s1. The first-order valence-electron chi connectivity index (χ1n) is 7.25. The Morgan fingerprint density at radius 1 is 1.28 bits per heavy atom. The fraction of sp³-hybridized carbons (Fsp3) is 0.867. The quantitative estimate of drug-likeness (QED) is 0.660. The topological polar surface area (TPSA) is 27.7 Å². The fourth-order valence-corrected chi connectivity index (χ4v) is 4.82. The Balaban J connectivity index is 1.85. The van der Waals surface area contributed by atoms with E-state index in [-0.39, 0.29) is 11.9 Å². The van der Waals surface area contributed by atoms with Crippen molar-refractivity contribution in [2.24, 2.45) is 17.8 Å². The SMILES string of the molecule is CC1=COC2OC3(C)CCC4[C@H](C)CCC1[C@@]24O3. The van der Waals surface area contributed by atoms with Gasteiger partial charge in [0, 0.05) is 12.3 Å². The van der Waals surface area contributed by atoms with Crippen molar-refractivity contribution in [3.05, 3.63) is 11.8 Å². The van der Waals surface area contributed by atoms with Gasteiger partial charge in [0.15, 0.2) is 5.79 Å². The van der Waals surface area contributed by atoms with Crippen LogP contribution in [-0.2, 0) is 14.2 Å². The zero-order valence-corrected chi connectivity index (χ0v) is 11.4. The molecule has 0 aromatic rings. The summed E-state index contributed by atoms with van der Waals surface area (Å²) in [5.74, 6) is 1.36. The van der Waals surface area contributed by atoms with Crippen LogP contribution in [-0.4, -0.2) is 17.7 Å². The van der Waals surface area contributed by atoms with Crippen molar-refractivity contribution in [3.8, 4) is 0 Å². The molecule has 3 aliphatic heterocycles. The van der Waals surface area contributed by atoms with Crippen LogP contribution in [0, 0.1) is 17.8 Å². The van der Waals surface area contributed by atoms with Gasteiger partial charge >= 0.3 is 0 Å². The third-order valence-electron chi connectivity index (χ3n) is 5.68. The van der Waals surface area contributed by atoms with Gasteiger partial charge in [-0.3, -0.25) is 0 Å². The molecule has 1 saturated carbocycles. The molecule has 4 unspecified atom stereocenters. The van der Waals surface area contributed by atoms with Crippen molar-refractivity contribution in [3.63, 3.8) is 0 Å². The lowest BCUT2D eigenvalue weighted by Gasteiger charge is -2.54. The lowest BCUT2D eigenvalue weighted by Crippen LogP contribution is -2.61. The predicted octanol–water partition coefficient (Wildman–Crippen LogP) is 3.20. The van der Waals surface area contributed by atoms with Crippen LogP contribution >= 0.6 is 0 Å². The summed E-state index contributed by atoms with van der Waals surface area (Å²) in [6.07, 6.45) is 6.43. The molecule has 100 valence electrons. The van der Waals surface area contributed by atoms with Crippen LogP contribution in [0.15, 0.2) is 11.8 Å². The lowest BCUT2D eigenvalue weighted by molar-refractivity contribution is -0.242. The molecule has 3 heteroatoms. The van der Waals surface area contributed by atoms with Gasteiger partial charge in [0.1, 0.15) is 5.60 Å². The molecule has 18 heavy (non-hydrogen) atoms. The summed E-state index contributed by atoms with van der Waals surface area (Å²) >= 11 is 0. The maximum absolute atomic E-state index is 6.50. The van der Waals surface area contributed by atoms with E-state index in [9.17, 15) is 0 Å². The minimum atomic E-state index is -0.422. The molecule has 3 heterocycles. The molecule has 4 aliphatic rings. The van der Waals surface area contributed by atoms with Crippen molar-refractivity contribution in [1.82, 2.24) is 0 Å². The van der Waals surface area contributed by atoms with Gasteiger partial charge in [0.2, 0.25) is 6.29 Å². The third kappa shape index (κ3) is 1.17. The molecule has 0 aromatic heterocycles. The van der Waals surface area contributed by atoms with E-state index in [4.69, 9.17) is 14.2 Å². The molecule has 0 N–H and O–H groups in total. The van der Waals surface area contributed by atoms with E-state index in [2.05, 4.69) is 20.8 Å². The Morgan fingerprint density at radius 2 is 2.11 bits per heavy atom. The van der Waals surface area contributed by atoms with Crippen molar-refractivity contribution < 1.29 is 14.2 Å². The van der Waals surface area contributed by atoms with E-state index in [1.54, 1.807) is 0 Å². The largest absolute Gasteiger partial charge is 0.469 e. The van der Waals surface area contributed by atoms with Gasteiger partial charge in [-0.05, 0) is 50.5 Å². The smallest absolute Gasteiger partial charge is 0.231 e. The highest BCUT2D eigenvalue weighted by Gasteiger charge is 2.69. The van der Waals surface area contributed by atoms with Crippen molar-refractivity contribution in [1.29, 1.82) is 0 Å². The van der Waals surface area contributed by atoms with E-state index in [0.717, 1.165) is 6.42 Å². The van der Waals surface area contributed by atoms with Gasteiger partial charge < -0.3 is 14.2 Å². The first kappa shape index (κ1) is 11.3. The zero-order valence-electron chi connectivity index (χ0n) is 11.4. The van der Waals surface area contributed by atoms with E-state index in [0.29, 0.717) is 17.8 Å². The number of hydrogen-bond donors (Lipinski definition) is 0. The van der Waals surface area contributed by atoms with Gasteiger partial charge in [0.05, 0.1) is 6.26 Å². The molecular formula is C15H22O3. The van der Waals surface area contributed by atoms with Gasteiger partial charge in [-0.15, -0.1) is 0 Å². The van der Waals surface area contributed by atoms with Crippen LogP contribution in [0.1, 0.15) is 46.5 Å². The van der Waals surface area contributed by atoms with Crippen LogP contribution in [0.2, 0.25) is 0 Å². The van der Waals surface area contributed by atoms with E-state index >= 15 is 0 Å². The number of hydrogen-bond acceptors (Lipinski definition) is 3. The zero-order chi connectivity index (χ0) is 12.5. The first-order chi connectivity index (χ1) is 8.55. The van der Waals surface area contributed by atoms with Gasteiger partial charge in [-0.2, -0.15) is 0 Å². The summed E-state index contributed by atoms with van der Waals surface area (Å²) in [6, 6.07) is 0. The predicted molar refractivity (Wildman–Crippen MR) is 66.5 cm³/mol. The van der Waals surface area contributed by atoms with Crippen LogP contribution in [0.5, 0.6) is 0 Å². The molecule has 3 fully saturated rings. The van der Waals surface area contributed by atoms with E-state index < -0.39 is 5.79 Å².